The molecule has 1 fully saturated rings. The number of nitrogens with one attached hydrogen (secondary N) is 1. The van der Waals surface area contributed by atoms with E-state index in [1.54, 1.807) is 13.1 Å². The van der Waals surface area contributed by atoms with Gasteiger partial charge in [0.15, 0.2) is 0 Å². The monoisotopic (exact) mass is 208 g/mol. The van der Waals surface area contributed by atoms with Gasteiger partial charge in [0.25, 0.3) is 5.56 Å². The molecular formula is C10H12N2O3. The molecule has 0 aliphatic heterocycles. The van der Waals surface area contributed by atoms with Crippen LogP contribution in [0.3, 0.4) is 0 Å². The Bertz CT molecular complexity index is 524. The SMILES string of the molecule is Cc1cn(C=C2C[C@H]2CO)c(=O)[nH]c1=O. The lowest BCUT2D eigenvalue weighted by Gasteiger charge is -1.98. The second-order valence-electron chi connectivity index (χ2n) is 3.77. The smallest absolute Gasteiger partial charge is 0.332 e. The number of nitrogens with zero attached hydrogens (tertiary/aromatic N) is 1. The molecule has 1 atom stereocenters. The van der Waals surface area contributed by atoms with Crippen LogP contribution in [0.25, 0.3) is 6.20 Å². The predicted molar refractivity (Wildman–Crippen MR) is 55.5 cm³/mol. The molecule has 0 unspecified atom stereocenters. The minimum atomic E-state index is -0.443. The van der Waals surface area contributed by atoms with Gasteiger partial charge in [0.2, 0.25) is 0 Å². The van der Waals surface area contributed by atoms with Gasteiger partial charge >= 0.3 is 5.69 Å². The molecule has 0 amide bonds. The van der Waals surface area contributed by atoms with Gasteiger partial charge in [-0.05, 0) is 18.9 Å². The van der Waals surface area contributed by atoms with Crippen LogP contribution >= 0.6 is 0 Å². The highest BCUT2D eigenvalue weighted by Crippen LogP contribution is 2.37. The molecular weight excluding hydrogens is 196 g/mol. The van der Waals surface area contributed by atoms with Gasteiger partial charge < -0.3 is 5.11 Å². The van der Waals surface area contributed by atoms with Crippen LogP contribution in [0.4, 0.5) is 0 Å². The van der Waals surface area contributed by atoms with Gasteiger partial charge in [-0.1, -0.05) is 0 Å². The van der Waals surface area contributed by atoms with E-state index in [1.165, 1.54) is 10.8 Å². The van der Waals surface area contributed by atoms with Crippen LogP contribution < -0.4 is 11.2 Å². The predicted octanol–water partition coefficient (Wildman–Crippen LogP) is -0.302. The normalized spacial score (nSPS) is 22.0. The molecule has 80 valence electrons. The Kier molecular flexibility index (Phi) is 2.32. The molecule has 1 heterocycles. The van der Waals surface area contributed by atoms with E-state index in [1.807, 2.05) is 0 Å². The van der Waals surface area contributed by atoms with E-state index >= 15 is 0 Å². The molecule has 1 aliphatic rings. The van der Waals surface area contributed by atoms with Gasteiger partial charge in [-0.15, -0.1) is 0 Å². The molecule has 1 aromatic heterocycles. The van der Waals surface area contributed by atoms with E-state index in [4.69, 9.17) is 5.11 Å². The summed E-state index contributed by atoms with van der Waals surface area (Å²) in [5.74, 6) is 0.184. The van der Waals surface area contributed by atoms with Crippen LogP contribution in [-0.2, 0) is 0 Å². The molecule has 0 spiro atoms. The molecule has 0 aromatic carbocycles. The summed E-state index contributed by atoms with van der Waals surface area (Å²) in [4.78, 5) is 24.7. The van der Waals surface area contributed by atoms with E-state index in [0.29, 0.717) is 5.56 Å². The maximum absolute atomic E-state index is 11.4. The Morgan fingerprint density at radius 1 is 1.67 bits per heavy atom. The number of hydrogen-bond donors (Lipinski definition) is 2. The molecule has 5 heteroatoms. The van der Waals surface area contributed by atoms with Crippen molar-refractivity contribution >= 4 is 6.20 Å². The van der Waals surface area contributed by atoms with Crippen molar-refractivity contribution in [1.29, 1.82) is 0 Å². The van der Waals surface area contributed by atoms with Gasteiger partial charge in [-0.25, -0.2) is 4.79 Å². The molecule has 15 heavy (non-hydrogen) atoms. The number of aryl methyl sites for hydroxylation is 1. The van der Waals surface area contributed by atoms with Crippen molar-refractivity contribution in [2.75, 3.05) is 6.61 Å². The number of hydrogen-bond acceptors (Lipinski definition) is 3. The van der Waals surface area contributed by atoms with Crippen LogP contribution in [0.5, 0.6) is 0 Å². The van der Waals surface area contributed by atoms with E-state index in [2.05, 4.69) is 4.98 Å². The summed E-state index contributed by atoms with van der Waals surface area (Å²) in [6, 6.07) is 0. The van der Waals surface area contributed by atoms with Crippen LogP contribution in [0.1, 0.15) is 12.0 Å². The molecule has 0 saturated heterocycles. The highest BCUT2D eigenvalue weighted by atomic mass is 16.3. The van der Waals surface area contributed by atoms with Crippen molar-refractivity contribution in [3.05, 3.63) is 38.2 Å². The van der Waals surface area contributed by atoms with Crippen molar-refractivity contribution in [2.24, 2.45) is 5.92 Å². The fraction of sp³-hybridized carbons (Fsp3) is 0.400. The lowest BCUT2D eigenvalue weighted by molar-refractivity contribution is 0.281. The molecule has 2 N–H and O–H groups in total. The maximum Gasteiger partial charge on any atom is 0.332 e. The molecule has 1 saturated carbocycles. The lowest BCUT2D eigenvalue weighted by atomic mass is 10.4. The Morgan fingerprint density at radius 3 is 3.00 bits per heavy atom. The highest BCUT2D eigenvalue weighted by molar-refractivity contribution is 5.41. The van der Waals surface area contributed by atoms with Crippen molar-refractivity contribution < 1.29 is 5.11 Å². The number of H-pyrrole nitrogens is 1. The minimum absolute atomic E-state index is 0.114. The molecule has 0 bridgehead atoms. The van der Waals surface area contributed by atoms with Crippen molar-refractivity contribution in [3.63, 3.8) is 0 Å². The quantitative estimate of drug-likeness (QED) is 0.700. The van der Waals surface area contributed by atoms with Gasteiger partial charge in [0.05, 0.1) is 0 Å². The van der Waals surface area contributed by atoms with Crippen LogP contribution in [0.15, 0.2) is 21.4 Å². The second kappa shape index (κ2) is 3.51. The zero-order chi connectivity index (χ0) is 11.0. The molecule has 0 radical (unpaired) electrons. The first kappa shape index (κ1) is 9.92. The minimum Gasteiger partial charge on any atom is -0.396 e. The van der Waals surface area contributed by atoms with Crippen LogP contribution in [0.2, 0.25) is 0 Å². The Morgan fingerprint density at radius 2 is 2.40 bits per heavy atom. The number of aromatic nitrogens is 2. The summed E-state index contributed by atoms with van der Waals surface area (Å²) in [6.45, 7) is 1.76. The van der Waals surface area contributed by atoms with Crippen molar-refractivity contribution in [3.8, 4) is 0 Å². The topological polar surface area (TPSA) is 75.1 Å². The highest BCUT2D eigenvalue weighted by Gasteiger charge is 2.28. The Labute approximate surface area is 85.7 Å². The van der Waals surface area contributed by atoms with E-state index in [0.717, 1.165) is 12.0 Å². The third kappa shape index (κ3) is 1.92. The summed E-state index contributed by atoms with van der Waals surface area (Å²) in [6.07, 6.45) is 3.99. The molecule has 1 aliphatic carbocycles. The van der Waals surface area contributed by atoms with E-state index in [-0.39, 0.29) is 18.1 Å². The lowest BCUT2D eigenvalue weighted by Crippen LogP contribution is -2.28. The summed E-state index contributed by atoms with van der Waals surface area (Å²) in [5.41, 5.74) is 0.726. The first-order valence-corrected chi connectivity index (χ1v) is 4.75. The average molecular weight is 208 g/mol. The number of aliphatic hydroxyl groups excluding tert-OH is 1. The number of aromatic amines is 1. The zero-order valence-corrected chi connectivity index (χ0v) is 8.36. The maximum atomic E-state index is 11.4. The largest absolute Gasteiger partial charge is 0.396 e. The third-order valence-electron chi connectivity index (χ3n) is 2.52. The van der Waals surface area contributed by atoms with Gasteiger partial charge in [-0.3, -0.25) is 14.3 Å². The third-order valence-corrected chi connectivity index (χ3v) is 2.52. The fourth-order valence-electron chi connectivity index (χ4n) is 1.43. The van der Waals surface area contributed by atoms with E-state index in [9.17, 15) is 9.59 Å². The van der Waals surface area contributed by atoms with Crippen LogP contribution in [0, 0.1) is 12.8 Å². The summed E-state index contributed by atoms with van der Waals surface area (Å²) in [5, 5.41) is 8.84. The Hall–Kier alpha value is -1.62. The zero-order valence-electron chi connectivity index (χ0n) is 8.36. The molecule has 2 rings (SSSR count). The first-order chi connectivity index (χ1) is 7.11. The van der Waals surface area contributed by atoms with Gasteiger partial charge in [0.1, 0.15) is 0 Å². The van der Waals surface area contributed by atoms with Crippen LogP contribution in [-0.4, -0.2) is 21.3 Å². The number of rotatable bonds is 2. The molecule has 1 aromatic rings. The molecule has 5 nitrogen and oxygen atoms in total. The summed E-state index contributed by atoms with van der Waals surface area (Å²) >= 11 is 0. The van der Waals surface area contributed by atoms with E-state index < -0.39 is 5.69 Å². The second-order valence-corrected chi connectivity index (χ2v) is 3.77. The number of aliphatic hydroxyl groups is 1. The van der Waals surface area contributed by atoms with Crippen molar-refractivity contribution in [2.45, 2.75) is 13.3 Å². The van der Waals surface area contributed by atoms with Gasteiger partial charge in [-0.2, -0.15) is 0 Å². The fourth-order valence-corrected chi connectivity index (χ4v) is 1.43. The Balaban J connectivity index is 2.39. The summed E-state index contributed by atoms with van der Waals surface area (Å²) in [7, 11) is 0. The summed E-state index contributed by atoms with van der Waals surface area (Å²) < 4.78 is 1.35. The first-order valence-electron chi connectivity index (χ1n) is 4.75. The van der Waals surface area contributed by atoms with Gasteiger partial charge in [0, 0.05) is 30.5 Å². The van der Waals surface area contributed by atoms with Crippen molar-refractivity contribution in [1.82, 2.24) is 9.55 Å². The standard InChI is InChI=1S/C10H12N2O3/c1-6-3-12(10(15)11-9(6)14)4-7-2-8(7)5-13/h3-4,8,13H,2,5H2,1H3,(H,11,14,15)/t8-/m0/s1. The average Bonchev–Trinajstić information content (AvgIpc) is 2.93.